The molecule has 3 aromatic rings. The summed E-state index contributed by atoms with van der Waals surface area (Å²) in [6.45, 7) is 1.99. The summed E-state index contributed by atoms with van der Waals surface area (Å²) in [6.07, 6.45) is 0. The van der Waals surface area contributed by atoms with Crippen LogP contribution in [0.1, 0.15) is 5.56 Å². The summed E-state index contributed by atoms with van der Waals surface area (Å²) in [7, 11) is 3.17. The topological polar surface area (TPSA) is 35.5 Å². The van der Waals surface area contributed by atoms with Crippen LogP contribution < -0.4 is 14.9 Å². The van der Waals surface area contributed by atoms with Crippen molar-refractivity contribution in [3.05, 3.63) is 46.1 Å². The molecular formula is C16H14O3S. The fourth-order valence-electron chi connectivity index (χ4n) is 2.30. The molecule has 1 heterocycles. The highest BCUT2D eigenvalue weighted by Crippen LogP contribution is 2.34. The maximum absolute atomic E-state index is 12.6. The highest BCUT2D eigenvalue weighted by atomic mass is 32.1. The van der Waals surface area contributed by atoms with E-state index >= 15 is 0 Å². The van der Waals surface area contributed by atoms with Crippen LogP contribution >= 0.6 is 11.3 Å². The standard InChI is InChI=1S/C16H14O3S/c1-9-4-5-14-10(6-9)16(17)11-7-12(18-2)13(19-3)8-15(11)20-14/h4-8H,1-3H3. The summed E-state index contributed by atoms with van der Waals surface area (Å²) in [6, 6.07) is 9.57. The monoisotopic (exact) mass is 286 g/mol. The third-order valence-corrected chi connectivity index (χ3v) is 4.46. The van der Waals surface area contributed by atoms with Crippen LogP contribution in [0, 0.1) is 6.92 Å². The van der Waals surface area contributed by atoms with Crippen molar-refractivity contribution in [2.24, 2.45) is 0 Å². The Morgan fingerprint density at radius 1 is 0.900 bits per heavy atom. The minimum Gasteiger partial charge on any atom is -0.493 e. The van der Waals surface area contributed by atoms with Gasteiger partial charge in [0.15, 0.2) is 16.9 Å². The first-order valence-electron chi connectivity index (χ1n) is 6.23. The third kappa shape index (κ3) is 1.93. The minimum absolute atomic E-state index is 0.0402. The van der Waals surface area contributed by atoms with Gasteiger partial charge in [-0.2, -0.15) is 0 Å². The molecule has 0 aliphatic heterocycles. The van der Waals surface area contributed by atoms with Crippen LogP contribution in [-0.4, -0.2) is 14.2 Å². The first kappa shape index (κ1) is 12.9. The summed E-state index contributed by atoms with van der Waals surface area (Å²) in [4.78, 5) is 12.6. The number of methoxy groups -OCH3 is 2. The molecule has 0 bridgehead atoms. The zero-order chi connectivity index (χ0) is 14.3. The highest BCUT2D eigenvalue weighted by molar-refractivity contribution is 7.24. The molecule has 0 atom stereocenters. The van der Waals surface area contributed by atoms with Gasteiger partial charge in [-0.05, 0) is 25.1 Å². The quantitative estimate of drug-likeness (QED) is 0.673. The highest BCUT2D eigenvalue weighted by Gasteiger charge is 2.11. The molecule has 0 N–H and O–H groups in total. The lowest BCUT2D eigenvalue weighted by Crippen LogP contribution is -2.02. The zero-order valence-corrected chi connectivity index (χ0v) is 12.3. The molecule has 0 aliphatic carbocycles. The maximum Gasteiger partial charge on any atom is 0.196 e. The molecule has 0 radical (unpaired) electrons. The van der Waals surface area contributed by atoms with Gasteiger partial charge in [-0.3, -0.25) is 4.79 Å². The molecule has 4 heteroatoms. The predicted molar refractivity (Wildman–Crippen MR) is 83.4 cm³/mol. The Morgan fingerprint density at radius 2 is 1.55 bits per heavy atom. The summed E-state index contributed by atoms with van der Waals surface area (Å²) < 4.78 is 12.5. The largest absolute Gasteiger partial charge is 0.493 e. The summed E-state index contributed by atoms with van der Waals surface area (Å²) >= 11 is 1.59. The number of ether oxygens (including phenoxy) is 2. The van der Waals surface area contributed by atoms with Gasteiger partial charge in [0, 0.05) is 26.2 Å². The average molecular weight is 286 g/mol. The summed E-state index contributed by atoms with van der Waals surface area (Å²) in [5, 5.41) is 1.43. The molecule has 0 amide bonds. The molecule has 3 rings (SSSR count). The molecule has 3 nitrogen and oxygen atoms in total. The summed E-state index contributed by atoms with van der Waals surface area (Å²) in [5.41, 5.74) is 1.13. The lowest BCUT2D eigenvalue weighted by atomic mass is 10.1. The molecule has 0 saturated carbocycles. The maximum atomic E-state index is 12.6. The fourth-order valence-corrected chi connectivity index (χ4v) is 3.36. The van der Waals surface area contributed by atoms with E-state index in [1.807, 2.05) is 31.2 Å². The first-order valence-corrected chi connectivity index (χ1v) is 7.05. The normalized spacial score (nSPS) is 10.9. The number of aryl methyl sites for hydroxylation is 1. The molecule has 20 heavy (non-hydrogen) atoms. The Balaban J connectivity index is 2.47. The Kier molecular flexibility index (Phi) is 3.10. The van der Waals surface area contributed by atoms with Crippen molar-refractivity contribution >= 4 is 31.5 Å². The molecule has 2 aromatic carbocycles. The minimum atomic E-state index is 0.0402. The Morgan fingerprint density at radius 3 is 2.25 bits per heavy atom. The Bertz CT molecular complexity index is 865. The number of hydrogen-bond acceptors (Lipinski definition) is 4. The van der Waals surface area contributed by atoms with E-state index in [0.717, 1.165) is 20.3 Å². The van der Waals surface area contributed by atoms with Gasteiger partial charge in [0.05, 0.1) is 14.2 Å². The predicted octanol–water partition coefficient (Wildman–Crippen LogP) is 3.74. The Labute approximate surface area is 120 Å². The van der Waals surface area contributed by atoms with Crippen LogP contribution in [0.25, 0.3) is 20.2 Å². The van der Waals surface area contributed by atoms with Gasteiger partial charge >= 0.3 is 0 Å². The molecule has 0 aliphatic rings. The van der Waals surface area contributed by atoms with Crippen molar-refractivity contribution in [2.75, 3.05) is 14.2 Å². The smallest absolute Gasteiger partial charge is 0.196 e. The van der Waals surface area contributed by atoms with Gasteiger partial charge < -0.3 is 9.47 Å². The molecule has 102 valence electrons. The third-order valence-electron chi connectivity index (χ3n) is 3.33. The van der Waals surface area contributed by atoms with Crippen LogP contribution in [0.3, 0.4) is 0 Å². The molecular weight excluding hydrogens is 272 g/mol. The van der Waals surface area contributed by atoms with E-state index in [1.54, 1.807) is 31.6 Å². The number of fused-ring (bicyclic) bond motifs is 2. The fraction of sp³-hybridized carbons (Fsp3) is 0.188. The van der Waals surface area contributed by atoms with E-state index < -0.39 is 0 Å². The van der Waals surface area contributed by atoms with E-state index in [-0.39, 0.29) is 5.43 Å². The van der Waals surface area contributed by atoms with Crippen molar-refractivity contribution in [3.63, 3.8) is 0 Å². The molecule has 0 saturated heterocycles. The molecule has 0 unspecified atom stereocenters. The molecule has 0 fully saturated rings. The van der Waals surface area contributed by atoms with Gasteiger partial charge in [0.25, 0.3) is 0 Å². The molecule has 0 spiro atoms. The van der Waals surface area contributed by atoms with Crippen LogP contribution in [0.2, 0.25) is 0 Å². The van der Waals surface area contributed by atoms with Gasteiger partial charge in [-0.15, -0.1) is 11.3 Å². The van der Waals surface area contributed by atoms with E-state index in [9.17, 15) is 4.79 Å². The van der Waals surface area contributed by atoms with Gasteiger partial charge in [0.1, 0.15) is 0 Å². The average Bonchev–Trinajstić information content (AvgIpc) is 2.47. The number of rotatable bonds is 2. The van der Waals surface area contributed by atoms with Crippen LogP contribution in [0.5, 0.6) is 11.5 Å². The molecule has 1 aromatic heterocycles. The second kappa shape index (κ2) is 4.80. The number of benzene rings is 2. The van der Waals surface area contributed by atoms with Gasteiger partial charge in [-0.25, -0.2) is 0 Å². The first-order chi connectivity index (χ1) is 9.63. The second-order valence-electron chi connectivity index (χ2n) is 4.63. The van der Waals surface area contributed by atoms with Crippen molar-refractivity contribution in [3.8, 4) is 11.5 Å². The summed E-state index contributed by atoms with van der Waals surface area (Å²) in [5.74, 6) is 1.22. The second-order valence-corrected chi connectivity index (χ2v) is 5.72. The van der Waals surface area contributed by atoms with Crippen LogP contribution in [0.4, 0.5) is 0 Å². The zero-order valence-electron chi connectivity index (χ0n) is 11.5. The SMILES string of the molecule is COc1cc2sc3ccc(C)cc3c(=O)c2cc1OC. The van der Waals surface area contributed by atoms with Gasteiger partial charge in [0.2, 0.25) is 0 Å². The van der Waals surface area contributed by atoms with Crippen molar-refractivity contribution in [1.82, 2.24) is 0 Å². The van der Waals surface area contributed by atoms with Crippen molar-refractivity contribution in [2.45, 2.75) is 6.92 Å². The van der Waals surface area contributed by atoms with E-state index in [2.05, 4.69) is 0 Å². The van der Waals surface area contributed by atoms with Crippen LogP contribution in [-0.2, 0) is 0 Å². The van der Waals surface area contributed by atoms with E-state index in [0.29, 0.717) is 16.9 Å². The lowest BCUT2D eigenvalue weighted by molar-refractivity contribution is 0.356. The van der Waals surface area contributed by atoms with Crippen molar-refractivity contribution in [1.29, 1.82) is 0 Å². The van der Waals surface area contributed by atoms with Gasteiger partial charge in [-0.1, -0.05) is 11.6 Å². The van der Waals surface area contributed by atoms with Crippen LogP contribution in [0.15, 0.2) is 35.1 Å². The van der Waals surface area contributed by atoms with E-state index in [1.165, 1.54) is 0 Å². The lowest BCUT2D eigenvalue weighted by Gasteiger charge is -2.09. The number of hydrogen-bond donors (Lipinski definition) is 0. The van der Waals surface area contributed by atoms with Crippen molar-refractivity contribution < 1.29 is 9.47 Å². The Hall–Kier alpha value is -2.07. The van der Waals surface area contributed by atoms with E-state index in [4.69, 9.17) is 9.47 Å².